The summed E-state index contributed by atoms with van der Waals surface area (Å²) in [7, 11) is 0. The van der Waals surface area contributed by atoms with Crippen LogP contribution < -0.4 is 26.2 Å². The fraction of sp³-hybridized carbons (Fsp3) is 0.0152. The number of nitrogens with zero attached hydrogens (tertiary/aromatic N) is 3. The highest BCUT2D eigenvalue weighted by Crippen LogP contribution is 2.49. The van der Waals surface area contributed by atoms with Crippen LogP contribution in [-0.4, -0.2) is 11.7 Å². The summed E-state index contributed by atoms with van der Waals surface area (Å²) < 4.78 is 0. The fourth-order valence-electron chi connectivity index (χ4n) is 10.8. The Balaban J connectivity index is 1.12. The Hall–Kier alpha value is -8.99. The molecule has 0 spiro atoms. The lowest BCUT2D eigenvalue weighted by Crippen LogP contribution is -2.61. The molecule has 0 saturated carbocycles. The van der Waals surface area contributed by atoms with E-state index >= 15 is 0 Å². The molecule has 70 heavy (non-hydrogen) atoms. The summed E-state index contributed by atoms with van der Waals surface area (Å²) in [6, 6.07) is 95.0. The normalized spacial score (nSPS) is 12.3. The molecule has 0 unspecified atom stereocenters. The van der Waals surface area contributed by atoms with Crippen molar-refractivity contribution in [2.45, 2.75) is 6.92 Å². The second-order valence-corrected chi connectivity index (χ2v) is 18.4. The van der Waals surface area contributed by atoms with Crippen LogP contribution in [0.3, 0.4) is 0 Å². The van der Waals surface area contributed by atoms with Crippen molar-refractivity contribution >= 4 is 57.2 Å². The number of hydrogen-bond donors (Lipinski definition) is 0. The molecule has 4 heteroatoms. The first kappa shape index (κ1) is 41.2. The van der Waals surface area contributed by atoms with Crippen LogP contribution in [0.2, 0.25) is 0 Å². The Morgan fingerprint density at radius 3 is 1.30 bits per heavy atom. The smallest absolute Gasteiger partial charge is 0.252 e. The summed E-state index contributed by atoms with van der Waals surface area (Å²) in [4.78, 5) is 10.6. The zero-order valence-electron chi connectivity index (χ0n) is 38.7. The van der Waals surface area contributed by atoms with Gasteiger partial charge < -0.3 is 9.80 Å². The summed E-state index contributed by atoms with van der Waals surface area (Å²) in [5.74, 6) is 0. The largest absolute Gasteiger partial charge is 0.311 e. The number of aryl methyl sites for hydroxylation is 1. The van der Waals surface area contributed by atoms with Gasteiger partial charge in [-0.2, -0.15) is 0 Å². The molecule has 0 bridgehead atoms. The molecule has 0 radical (unpaired) electrons. The van der Waals surface area contributed by atoms with Gasteiger partial charge in [-0.3, -0.25) is 0 Å². The van der Waals surface area contributed by atoms with Crippen LogP contribution in [0.25, 0.3) is 67.0 Å². The van der Waals surface area contributed by atoms with E-state index in [9.17, 15) is 0 Å². The highest BCUT2D eigenvalue weighted by atomic mass is 15.2. The summed E-state index contributed by atoms with van der Waals surface area (Å²) in [5.41, 5.74) is 25.3. The molecule has 3 heterocycles. The van der Waals surface area contributed by atoms with Crippen molar-refractivity contribution in [2.75, 3.05) is 9.80 Å². The van der Waals surface area contributed by atoms with E-state index in [-0.39, 0.29) is 6.71 Å². The SMILES string of the molecule is Cc1cc2c3c(c1)N(c1ccc(-c4ccccc4)cc1)c1c(cc(-c4ccccc4)cc1-c1cccc(-c4ccccc4)n1)B3c1cc(-c3ccccc3)ccc1N2c1ccc(-c2ccccc2)cc1. The van der Waals surface area contributed by atoms with E-state index in [0.29, 0.717) is 0 Å². The summed E-state index contributed by atoms with van der Waals surface area (Å²) >= 11 is 0. The number of hydrogen-bond acceptors (Lipinski definition) is 3. The zero-order chi connectivity index (χ0) is 46.5. The average Bonchev–Trinajstić information content (AvgIpc) is 3.44. The summed E-state index contributed by atoms with van der Waals surface area (Å²) in [5, 5.41) is 0. The molecule has 1 aromatic heterocycles. The first-order chi connectivity index (χ1) is 34.6. The Kier molecular flexibility index (Phi) is 10.2. The number of anilines is 6. The molecule has 0 saturated heterocycles. The summed E-state index contributed by atoms with van der Waals surface area (Å²) in [6.07, 6.45) is 0. The highest BCUT2D eigenvalue weighted by molar-refractivity contribution is 7.00. The van der Waals surface area contributed by atoms with Gasteiger partial charge in [-0.05, 0) is 134 Å². The molecule has 2 aliphatic heterocycles. The van der Waals surface area contributed by atoms with Gasteiger partial charge in [0.05, 0.1) is 17.1 Å². The van der Waals surface area contributed by atoms with Gasteiger partial charge in [0.25, 0.3) is 6.71 Å². The molecule has 10 aromatic carbocycles. The van der Waals surface area contributed by atoms with Gasteiger partial charge >= 0.3 is 0 Å². The van der Waals surface area contributed by atoms with Crippen LogP contribution in [0.15, 0.2) is 261 Å². The average molecular weight is 892 g/mol. The van der Waals surface area contributed by atoms with Gasteiger partial charge in [0.2, 0.25) is 0 Å². The Morgan fingerprint density at radius 2 is 0.743 bits per heavy atom. The maximum absolute atomic E-state index is 5.54. The number of rotatable bonds is 8. The van der Waals surface area contributed by atoms with Crippen molar-refractivity contribution in [3.8, 4) is 67.0 Å². The molecule has 328 valence electrons. The maximum atomic E-state index is 5.54. The van der Waals surface area contributed by atoms with Crippen LogP contribution in [0.5, 0.6) is 0 Å². The Bertz CT molecular complexity index is 3690. The standard InChI is InChI=1S/C66H46BN3/c1-45-40-63-65-64(41-45)70(56-37-32-51(33-38-56)47-20-9-3-10-21-47)66-57(61-29-17-28-60(68-61)52-26-15-6-16-27-52)42-54(49-24-13-5-14-25-49)44-59(66)67(65)58-43-53(48-22-11-4-12-23-48)34-39-62(58)69(63)55-35-30-50(31-36-55)46-18-7-2-8-19-46/h2-44H,1H3. The first-order valence-electron chi connectivity index (χ1n) is 24.1. The minimum absolute atomic E-state index is 0.126. The fourth-order valence-corrected chi connectivity index (χ4v) is 10.8. The van der Waals surface area contributed by atoms with E-state index in [2.05, 4.69) is 278 Å². The maximum Gasteiger partial charge on any atom is 0.252 e. The van der Waals surface area contributed by atoms with Crippen molar-refractivity contribution in [1.82, 2.24) is 4.98 Å². The quantitative estimate of drug-likeness (QED) is 0.142. The molecule has 0 atom stereocenters. The van der Waals surface area contributed by atoms with Crippen molar-refractivity contribution in [2.24, 2.45) is 0 Å². The van der Waals surface area contributed by atoms with Crippen molar-refractivity contribution in [3.63, 3.8) is 0 Å². The minimum Gasteiger partial charge on any atom is -0.311 e. The second-order valence-electron chi connectivity index (χ2n) is 18.4. The molecule has 13 rings (SSSR count). The van der Waals surface area contributed by atoms with Gasteiger partial charge in [0.1, 0.15) is 0 Å². The van der Waals surface area contributed by atoms with E-state index in [1.54, 1.807) is 0 Å². The van der Waals surface area contributed by atoms with Gasteiger partial charge in [-0.25, -0.2) is 4.98 Å². The molecule has 0 aliphatic carbocycles. The monoisotopic (exact) mass is 891 g/mol. The second kappa shape index (κ2) is 17.3. The lowest BCUT2D eigenvalue weighted by atomic mass is 9.33. The molecule has 0 amide bonds. The topological polar surface area (TPSA) is 19.4 Å². The third-order valence-corrected chi connectivity index (χ3v) is 14.1. The molecular formula is C66H46BN3. The van der Waals surface area contributed by atoms with Crippen molar-refractivity contribution < 1.29 is 0 Å². The van der Waals surface area contributed by atoms with Crippen molar-refractivity contribution in [1.29, 1.82) is 0 Å². The number of aromatic nitrogens is 1. The molecule has 0 N–H and O–H groups in total. The first-order valence-corrected chi connectivity index (χ1v) is 24.1. The molecule has 2 aliphatic rings. The lowest BCUT2D eigenvalue weighted by molar-refractivity contribution is 1.23. The van der Waals surface area contributed by atoms with Crippen LogP contribution >= 0.6 is 0 Å². The van der Waals surface area contributed by atoms with E-state index in [4.69, 9.17) is 4.98 Å². The van der Waals surface area contributed by atoms with E-state index in [1.807, 2.05) is 0 Å². The third kappa shape index (κ3) is 7.21. The highest BCUT2D eigenvalue weighted by Gasteiger charge is 2.45. The third-order valence-electron chi connectivity index (χ3n) is 14.1. The number of pyridine rings is 1. The minimum atomic E-state index is -0.126. The van der Waals surface area contributed by atoms with Gasteiger partial charge in [0, 0.05) is 39.6 Å². The van der Waals surface area contributed by atoms with Gasteiger partial charge in [-0.1, -0.05) is 200 Å². The van der Waals surface area contributed by atoms with Crippen LogP contribution in [-0.2, 0) is 0 Å². The van der Waals surface area contributed by atoms with E-state index in [1.165, 1.54) is 66.7 Å². The molecule has 0 fully saturated rings. The molecule has 11 aromatic rings. The Morgan fingerprint density at radius 1 is 0.314 bits per heavy atom. The molecule has 3 nitrogen and oxygen atoms in total. The Labute approximate surface area is 410 Å². The van der Waals surface area contributed by atoms with Gasteiger partial charge in [-0.15, -0.1) is 0 Å². The number of benzene rings is 10. The predicted molar refractivity (Wildman–Crippen MR) is 296 cm³/mol. The van der Waals surface area contributed by atoms with Crippen LogP contribution in [0.4, 0.5) is 34.1 Å². The zero-order valence-corrected chi connectivity index (χ0v) is 38.7. The molecular weight excluding hydrogens is 846 g/mol. The van der Waals surface area contributed by atoms with Crippen LogP contribution in [0, 0.1) is 6.92 Å². The lowest BCUT2D eigenvalue weighted by Gasteiger charge is -2.45. The van der Waals surface area contributed by atoms with Crippen molar-refractivity contribution in [3.05, 3.63) is 266 Å². The van der Waals surface area contributed by atoms with E-state index in [0.717, 1.165) is 56.4 Å². The predicted octanol–water partition coefficient (Wildman–Crippen LogP) is 15.5. The number of fused-ring (bicyclic) bond motifs is 4. The van der Waals surface area contributed by atoms with Crippen LogP contribution in [0.1, 0.15) is 5.56 Å². The van der Waals surface area contributed by atoms with Gasteiger partial charge in [0.15, 0.2) is 0 Å². The van der Waals surface area contributed by atoms with E-state index < -0.39 is 0 Å². The summed E-state index contributed by atoms with van der Waals surface area (Å²) in [6.45, 7) is 2.12.